The van der Waals surface area contributed by atoms with Crippen molar-refractivity contribution < 1.29 is 13.9 Å². The van der Waals surface area contributed by atoms with Gasteiger partial charge in [-0.05, 0) is 55.8 Å². The average molecular weight is 319 g/mol. The molecule has 0 bridgehead atoms. The second kappa shape index (κ2) is 7.31. The minimum absolute atomic E-state index is 0.127. The zero-order valence-corrected chi connectivity index (χ0v) is 13.5. The number of rotatable bonds is 5. The Kier molecular flexibility index (Phi) is 5.44. The summed E-state index contributed by atoms with van der Waals surface area (Å²) in [6.07, 6.45) is 0. The minimum Gasteiger partial charge on any atom is -0.495 e. The van der Waals surface area contributed by atoms with E-state index < -0.39 is 0 Å². The van der Waals surface area contributed by atoms with Crippen LogP contribution in [0.3, 0.4) is 0 Å². The standard InChI is InChI=1S/C17H18FNO2S/c1-11-4-9-16(21-3)15(10-11)19-17(20)12(2)22-14-7-5-13(18)6-8-14/h4-10,12H,1-3H3,(H,19,20). The molecule has 2 aromatic rings. The normalized spacial score (nSPS) is 11.8. The molecule has 0 heterocycles. The number of anilines is 1. The van der Waals surface area contributed by atoms with Crippen LogP contribution in [0, 0.1) is 12.7 Å². The second-order valence-electron chi connectivity index (χ2n) is 4.91. The summed E-state index contributed by atoms with van der Waals surface area (Å²) in [5.41, 5.74) is 1.69. The third kappa shape index (κ3) is 4.24. The maximum absolute atomic E-state index is 12.9. The van der Waals surface area contributed by atoms with E-state index >= 15 is 0 Å². The summed E-state index contributed by atoms with van der Waals surface area (Å²) in [5.74, 6) is 0.210. The lowest BCUT2D eigenvalue weighted by Gasteiger charge is -2.14. The molecule has 0 aliphatic carbocycles. The van der Waals surface area contributed by atoms with Crippen LogP contribution < -0.4 is 10.1 Å². The van der Waals surface area contributed by atoms with Crippen molar-refractivity contribution in [2.45, 2.75) is 24.0 Å². The summed E-state index contributed by atoms with van der Waals surface area (Å²) in [6.45, 7) is 3.76. The number of ether oxygens (including phenoxy) is 1. The highest BCUT2D eigenvalue weighted by Crippen LogP contribution is 2.28. The lowest BCUT2D eigenvalue weighted by atomic mass is 10.2. The first kappa shape index (κ1) is 16.4. The van der Waals surface area contributed by atoms with E-state index in [1.807, 2.05) is 32.0 Å². The number of aryl methyl sites for hydroxylation is 1. The summed E-state index contributed by atoms with van der Waals surface area (Å²) in [5, 5.41) is 2.57. The number of halogens is 1. The summed E-state index contributed by atoms with van der Waals surface area (Å²) in [4.78, 5) is 13.1. The fourth-order valence-corrected chi connectivity index (χ4v) is 2.79. The van der Waals surface area contributed by atoms with E-state index in [4.69, 9.17) is 4.74 Å². The van der Waals surface area contributed by atoms with Crippen LogP contribution in [-0.4, -0.2) is 18.3 Å². The van der Waals surface area contributed by atoms with Gasteiger partial charge in [-0.3, -0.25) is 4.79 Å². The van der Waals surface area contributed by atoms with Gasteiger partial charge >= 0.3 is 0 Å². The van der Waals surface area contributed by atoms with Crippen molar-refractivity contribution in [2.24, 2.45) is 0 Å². The summed E-state index contributed by atoms with van der Waals surface area (Å²) >= 11 is 1.38. The van der Waals surface area contributed by atoms with Crippen molar-refractivity contribution >= 4 is 23.4 Å². The fraction of sp³-hybridized carbons (Fsp3) is 0.235. The molecule has 1 N–H and O–H groups in total. The number of amides is 1. The molecule has 1 unspecified atom stereocenters. The number of hydrogen-bond acceptors (Lipinski definition) is 3. The molecule has 1 atom stereocenters. The molecule has 3 nitrogen and oxygen atoms in total. The van der Waals surface area contributed by atoms with Gasteiger partial charge < -0.3 is 10.1 Å². The maximum Gasteiger partial charge on any atom is 0.237 e. The number of methoxy groups -OCH3 is 1. The number of hydrogen-bond donors (Lipinski definition) is 1. The topological polar surface area (TPSA) is 38.3 Å². The molecule has 0 saturated carbocycles. The van der Waals surface area contributed by atoms with Crippen LogP contribution in [0.2, 0.25) is 0 Å². The molecule has 5 heteroatoms. The van der Waals surface area contributed by atoms with Gasteiger partial charge in [-0.1, -0.05) is 6.07 Å². The molecule has 2 rings (SSSR count). The lowest BCUT2D eigenvalue weighted by Crippen LogP contribution is -2.22. The van der Waals surface area contributed by atoms with Crippen LogP contribution in [0.5, 0.6) is 5.75 Å². The molecule has 0 aliphatic rings. The van der Waals surface area contributed by atoms with E-state index in [1.165, 1.54) is 23.9 Å². The van der Waals surface area contributed by atoms with Crippen LogP contribution in [-0.2, 0) is 4.79 Å². The van der Waals surface area contributed by atoms with Crippen LogP contribution >= 0.6 is 11.8 Å². The van der Waals surface area contributed by atoms with Crippen molar-refractivity contribution in [1.82, 2.24) is 0 Å². The lowest BCUT2D eigenvalue weighted by molar-refractivity contribution is -0.115. The molecule has 0 saturated heterocycles. The molecule has 22 heavy (non-hydrogen) atoms. The number of benzene rings is 2. The molecular weight excluding hydrogens is 301 g/mol. The monoisotopic (exact) mass is 319 g/mol. The molecule has 0 spiro atoms. The summed E-state index contributed by atoms with van der Waals surface area (Å²) in [6, 6.07) is 11.7. The first-order chi connectivity index (χ1) is 10.5. The second-order valence-corrected chi connectivity index (χ2v) is 6.32. The number of thioether (sulfide) groups is 1. The molecule has 0 aromatic heterocycles. The highest BCUT2D eigenvalue weighted by Gasteiger charge is 2.16. The average Bonchev–Trinajstić information content (AvgIpc) is 2.49. The highest BCUT2D eigenvalue weighted by molar-refractivity contribution is 8.00. The van der Waals surface area contributed by atoms with Crippen LogP contribution in [0.15, 0.2) is 47.4 Å². The van der Waals surface area contributed by atoms with E-state index in [0.717, 1.165) is 10.5 Å². The number of carbonyl (C=O) groups excluding carboxylic acids is 1. The summed E-state index contributed by atoms with van der Waals surface area (Å²) in [7, 11) is 1.57. The first-order valence-corrected chi connectivity index (χ1v) is 7.75. The highest BCUT2D eigenvalue weighted by atomic mass is 32.2. The van der Waals surface area contributed by atoms with Crippen molar-refractivity contribution in [3.8, 4) is 5.75 Å². The van der Waals surface area contributed by atoms with Gasteiger partial charge in [0.05, 0.1) is 18.0 Å². The Morgan fingerprint density at radius 2 is 1.91 bits per heavy atom. The largest absolute Gasteiger partial charge is 0.495 e. The summed E-state index contributed by atoms with van der Waals surface area (Å²) < 4.78 is 18.1. The first-order valence-electron chi connectivity index (χ1n) is 6.87. The third-order valence-electron chi connectivity index (χ3n) is 3.11. The Morgan fingerprint density at radius 3 is 2.55 bits per heavy atom. The maximum atomic E-state index is 12.9. The Labute approximate surface area is 133 Å². The van der Waals surface area contributed by atoms with Gasteiger partial charge in [0.1, 0.15) is 11.6 Å². The Balaban J connectivity index is 2.05. The molecule has 0 fully saturated rings. The molecule has 1 amide bonds. The predicted octanol–water partition coefficient (Wildman–Crippen LogP) is 4.26. The molecular formula is C17H18FNO2S. The Bertz CT molecular complexity index is 658. The van der Waals surface area contributed by atoms with Gasteiger partial charge in [-0.25, -0.2) is 4.39 Å². The number of carbonyl (C=O) groups is 1. The zero-order valence-electron chi connectivity index (χ0n) is 12.7. The van der Waals surface area contributed by atoms with Crippen LogP contribution in [0.4, 0.5) is 10.1 Å². The van der Waals surface area contributed by atoms with Gasteiger partial charge in [-0.15, -0.1) is 11.8 Å². The van der Waals surface area contributed by atoms with Crippen molar-refractivity contribution in [3.63, 3.8) is 0 Å². The van der Waals surface area contributed by atoms with Gasteiger partial charge in [0.25, 0.3) is 0 Å². The smallest absolute Gasteiger partial charge is 0.237 e. The Morgan fingerprint density at radius 1 is 1.23 bits per heavy atom. The SMILES string of the molecule is COc1ccc(C)cc1NC(=O)C(C)Sc1ccc(F)cc1. The van der Waals surface area contributed by atoms with Crippen molar-refractivity contribution in [2.75, 3.05) is 12.4 Å². The van der Waals surface area contributed by atoms with Gasteiger partial charge in [0.2, 0.25) is 5.91 Å². The minimum atomic E-state index is -0.310. The number of nitrogens with one attached hydrogen (secondary N) is 1. The zero-order chi connectivity index (χ0) is 16.1. The predicted molar refractivity (Wildman–Crippen MR) is 88.1 cm³/mol. The van der Waals surface area contributed by atoms with E-state index in [9.17, 15) is 9.18 Å². The van der Waals surface area contributed by atoms with Crippen molar-refractivity contribution in [1.29, 1.82) is 0 Å². The fourth-order valence-electron chi connectivity index (χ4n) is 1.92. The molecule has 2 aromatic carbocycles. The Hall–Kier alpha value is -2.01. The van der Waals surface area contributed by atoms with Gasteiger partial charge in [-0.2, -0.15) is 0 Å². The van der Waals surface area contributed by atoms with Gasteiger partial charge in [0.15, 0.2) is 0 Å². The van der Waals surface area contributed by atoms with E-state index in [1.54, 1.807) is 19.2 Å². The van der Waals surface area contributed by atoms with Crippen LogP contribution in [0.25, 0.3) is 0 Å². The van der Waals surface area contributed by atoms with E-state index in [0.29, 0.717) is 11.4 Å². The third-order valence-corrected chi connectivity index (χ3v) is 4.22. The van der Waals surface area contributed by atoms with Crippen LogP contribution in [0.1, 0.15) is 12.5 Å². The van der Waals surface area contributed by atoms with E-state index in [-0.39, 0.29) is 17.0 Å². The van der Waals surface area contributed by atoms with Crippen molar-refractivity contribution in [3.05, 3.63) is 53.8 Å². The van der Waals surface area contributed by atoms with Gasteiger partial charge in [0, 0.05) is 4.90 Å². The molecule has 0 radical (unpaired) electrons. The molecule has 0 aliphatic heterocycles. The molecule has 116 valence electrons. The van der Waals surface area contributed by atoms with E-state index in [2.05, 4.69) is 5.32 Å². The quantitative estimate of drug-likeness (QED) is 0.837.